The number of para-hydroxylation sites is 1. The molecule has 3 aromatic rings. The summed E-state index contributed by atoms with van der Waals surface area (Å²) in [6.45, 7) is 2.14. The molecule has 27 heavy (non-hydrogen) atoms. The second-order valence-corrected chi connectivity index (χ2v) is 6.57. The third kappa shape index (κ3) is 4.10. The van der Waals surface area contributed by atoms with Crippen molar-refractivity contribution in [2.24, 2.45) is 0 Å². The highest BCUT2D eigenvalue weighted by Gasteiger charge is 2.20. The molecule has 1 heterocycles. The smallest absolute Gasteiger partial charge is 0.282 e. The molecule has 7 nitrogen and oxygen atoms in total. The van der Waals surface area contributed by atoms with Crippen molar-refractivity contribution in [2.45, 2.75) is 13.5 Å². The predicted molar refractivity (Wildman–Crippen MR) is 104 cm³/mol. The Balaban J connectivity index is 1.83. The molecule has 0 saturated carbocycles. The maximum atomic E-state index is 12.4. The Morgan fingerprint density at radius 1 is 1.19 bits per heavy atom. The van der Waals surface area contributed by atoms with Gasteiger partial charge in [0, 0.05) is 33.4 Å². The van der Waals surface area contributed by atoms with E-state index in [2.05, 4.69) is 10.4 Å². The minimum absolute atomic E-state index is 0.0381. The molecule has 0 unspecified atom stereocenters. The quantitative estimate of drug-likeness (QED) is 0.492. The Hall–Kier alpha value is -2.90. The Labute approximate surface area is 164 Å². The normalized spacial score (nSPS) is 10.6. The Morgan fingerprint density at radius 2 is 1.85 bits per heavy atom. The van der Waals surface area contributed by atoms with Gasteiger partial charge in [-0.1, -0.05) is 41.4 Å². The summed E-state index contributed by atoms with van der Waals surface area (Å²) in [6.07, 6.45) is 0. The van der Waals surface area contributed by atoms with Crippen LogP contribution in [-0.4, -0.2) is 20.6 Å². The largest absolute Gasteiger partial charge is 0.305 e. The van der Waals surface area contributed by atoms with Gasteiger partial charge in [-0.2, -0.15) is 5.10 Å². The third-order valence-electron chi connectivity index (χ3n) is 3.94. The number of halogens is 2. The van der Waals surface area contributed by atoms with Crippen molar-refractivity contribution >= 4 is 40.6 Å². The molecule has 0 spiro atoms. The van der Waals surface area contributed by atoms with Crippen LogP contribution >= 0.6 is 23.2 Å². The zero-order chi connectivity index (χ0) is 19.6. The number of hydrogen-bond acceptors (Lipinski definition) is 4. The molecule has 138 valence electrons. The van der Waals surface area contributed by atoms with Crippen LogP contribution in [0.3, 0.4) is 0 Å². The minimum Gasteiger partial charge on any atom is -0.305 e. The predicted octanol–water partition coefficient (Wildman–Crippen LogP) is 4.71. The number of rotatable bonds is 5. The standard InChI is InChI=1S/C18H14Cl2N4O3/c1-11-9-17(21-18(25)12-5-2-3-8-16(12)24(26)27)22-23(11)10-13-14(19)6-4-7-15(13)20/h2-9H,10H2,1H3,(H,21,22,25). The number of anilines is 1. The zero-order valence-corrected chi connectivity index (χ0v) is 15.7. The maximum Gasteiger partial charge on any atom is 0.282 e. The van der Waals surface area contributed by atoms with E-state index in [0.29, 0.717) is 22.2 Å². The van der Waals surface area contributed by atoms with Crippen molar-refractivity contribution in [3.63, 3.8) is 0 Å². The number of hydrogen-bond donors (Lipinski definition) is 1. The van der Waals surface area contributed by atoms with E-state index >= 15 is 0 Å². The first kappa shape index (κ1) is 18.9. The number of nitro groups is 1. The molecule has 0 fully saturated rings. The number of nitro benzene ring substituents is 1. The number of nitrogens with zero attached hydrogens (tertiary/aromatic N) is 3. The highest BCUT2D eigenvalue weighted by Crippen LogP contribution is 2.26. The monoisotopic (exact) mass is 404 g/mol. The molecule has 0 radical (unpaired) electrons. The lowest BCUT2D eigenvalue weighted by Gasteiger charge is -2.08. The van der Waals surface area contributed by atoms with Crippen molar-refractivity contribution in [3.8, 4) is 0 Å². The Morgan fingerprint density at radius 3 is 2.52 bits per heavy atom. The lowest BCUT2D eigenvalue weighted by atomic mass is 10.1. The molecule has 1 N–H and O–H groups in total. The third-order valence-corrected chi connectivity index (χ3v) is 4.65. The number of carbonyl (C=O) groups is 1. The molecule has 0 atom stereocenters. The van der Waals surface area contributed by atoms with E-state index in [4.69, 9.17) is 23.2 Å². The lowest BCUT2D eigenvalue weighted by Crippen LogP contribution is -2.14. The van der Waals surface area contributed by atoms with Crippen LogP contribution in [-0.2, 0) is 6.54 Å². The van der Waals surface area contributed by atoms with Crippen molar-refractivity contribution in [3.05, 3.63) is 85.5 Å². The van der Waals surface area contributed by atoms with Crippen LogP contribution in [0.15, 0.2) is 48.5 Å². The fraction of sp³-hybridized carbons (Fsp3) is 0.111. The highest BCUT2D eigenvalue weighted by molar-refractivity contribution is 6.35. The second-order valence-electron chi connectivity index (χ2n) is 5.76. The average Bonchev–Trinajstić information content (AvgIpc) is 2.97. The van der Waals surface area contributed by atoms with Crippen LogP contribution in [0.1, 0.15) is 21.6 Å². The van der Waals surface area contributed by atoms with Crippen LogP contribution in [0.5, 0.6) is 0 Å². The lowest BCUT2D eigenvalue weighted by molar-refractivity contribution is -0.385. The number of amides is 1. The molecule has 0 aliphatic heterocycles. The summed E-state index contributed by atoms with van der Waals surface area (Å²) in [6, 6.07) is 12.6. The molecule has 0 bridgehead atoms. The van der Waals surface area contributed by atoms with Crippen LogP contribution < -0.4 is 5.32 Å². The van der Waals surface area contributed by atoms with E-state index in [-0.39, 0.29) is 17.1 Å². The van der Waals surface area contributed by atoms with Gasteiger partial charge in [0.25, 0.3) is 11.6 Å². The highest BCUT2D eigenvalue weighted by atomic mass is 35.5. The summed E-state index contributed by atoms with van der Waals surface area (Å²) in [7, 11) is 0. The summed E-state index contributed by atoms with van der Waals surface area (Å²) < 4.78 is 1.64. The van der Waals surface area contributed by atoms with E-state index in [0.717, 1.165) is 5.69 Å². The summed E-state index contributed by atoms with van der Waals surface area (Å²) in [4.78, 5) is 22.9. The molecular weight excluding hydrogens is 391 g/mol. The molecule has 1 aromatic heterocycles. The van der Waals surface area contributed by atoms with Gasteiger partial charge in [-0.3, -0.25) is 19.6 Å². The summed E-state index contributed by atoms with van der Waals surface area (Å²) in [5.74, 6) is -0.332. The fourth-order valence-electron chi connectivity index (χ4n) is 2.57. The van der Waals surface area contributed by atoms with Crippen molar-refractivity contribution < 1.29 is 9.72 Å². The van der Waals surface area contributed by atoms with Crippen LogP contribution in [0.4, 0.5) is 11.5 Å². The van der Waals surface area contributed by atoms with E-state index in [1.807, 2.05) is 6.92 Å². The molecule has 0 aliphatic rings. The van der Waals surface area contributed by atoms with E-state index in [1.54, 1.807) is 35.0 Å². The topological polar surface area (TPSA) is 90.1 Å². The molecule has 2 aromatic carbocycles. The molecule has 9 heteroatoms. The number of nitrogens with one attached hydrogen (secondary N) is 1. The number of aryl methyl sites for hydroxylation is 1. The first-order valence-corrected chi connectivity index (χ1v) is 8.64. The molecular formula is C18H14Cl2N4O3. The first-order chi connectivity index (χ1) is 12.9. The number of aromatic nitrogens is 2. The Kier molecular flexibility index (Phi) is 5.43. The van der Waals surface area contributed by atoms with Gasteiger partial charge >= 0.3 is 0 Å². The van der Waals surface area contributed by atoms with E-state index < -0.39 is 10.8 Å². The molecule has 0 saturated heterocycles. The average molecular weight is 405 g/mol. The van der Waals surface area contributed by atoms with Crippen LogP contribution in [0, 0.1) is 17.0 Å². The van der Waals surface area contributed by atoms with Gasteiger partial charge in [-0.15, -0.1) is 0 Å². The van der Waals surface area contributed by atoms with Crippen molar-refractivity contribution in [2.75, 3.05) is 5.32 Å². The minimum atomic E-state index is -0.609. The number of benzene rings is 2. The first-order valence-electron chi connectivity index (χ1n) is 7.89. The summed E-state index contributed by atoms with van der Waals surface area (Å²) >= 11 is 12.4. The van der Waals surface area contributed by atoms with E-state index in [1.165, 1.54) is 18.2 Å². The fourth-order valence-corrected chi connectivity index (χ4v) is 3.09. The maximum absolute atomic E-state index is 12.4. The molecule has 1 amide bonds. The van der Waals surface area contributed by atoms with Gasteiger partial charge in [0.2, 0.25) is 0 Å². The van der Waals surface area contributed by atoms with Crippen LogP contribution in [0.2, 0.25) is 10.0 Å². The van der Waals surface area contributed by atoms with Gasteiger partial charge in [-0.25, -0.2) is 0 Å². The van der Waals surface area contributed by atoms with Crippen molar-refractivity contribution in [1.82, 2.24) is 9.78 Å². The molecule has 0 aliphatic carbocycles. The van der Waals surface area contributed by atoms with E-state index in [9.17, 15) is 14.9 Å². The van der Waals surface area contributed by atoms with Gasteiger partial charge in [0.15, 0.2) is 5.82 Å². The van der Waals surface area contributed by atoms with Crippen LogP contribution in [0.25, 0.3) is 0 Å². The summed E-state index contributed by atoms with van der Waals surface area (Å²) in [5, 5.41) is 19.0. The van der Waals surface area contributed by atoms with Gasteiger partial charge in [0.1, 0.15) is 5.56 Å². The zero-order valence-electron chi connectivity index (χ0n) is 14.1. The van der Waals surface area contributed by atoms with Gasteiger partial charge < -0.3 is 5.32 Å². The Bertz CT molecular complexity index is 1010. The van der Waals surface area contributed by atoms with Gasteiger partial charge in [-0.05, 0) is 25.1 Å². The molecule has 3 rings (SSSR count). The SMILES string of the molecule is Cc1cc(NC(=O)c2ccccc2[N+](=O)[O-])nn1Cc1c(Cl)cccc1Cl. The van der Waals surface area contributed by atoms with Gasteiger partial charge in [0.05, 0.1) is 11.5 Å². The summed E-state index contributed by atoms with van der Waals surface area (Å²) in [5.41, 5.74) is 1.17. The van der Waals surface area contributed by atoms with Crippen molar-refractivity contribution in [1.29, 1.82) is 0 Å². The second kappa shape index (κ2) is 7.77. The number of carbonyl (C=O) groups excluding carboxylic acids is 1.